The molecule has 1 fully saturated rings. The molecule has 1 atom stereocenters. The van der Waals surface area contributed by atoms with E-state index in [0.717, 1.165) is 37.0 Å². The van der Waals surface area contributed by atoms with E-state index < -0.39 is 17.6 Å². The van der Waals surface area contributed by atoms with E-state index in [1.807, 2.05) is 11.0 Å². The lowest BCUT2D eigenvalue weighted by Gasteiger charge is -2.27. The molecule has 0 spiro atoms. The van der Waals surface area contributed by atoms with Crippen molar-refractivity contribution < 1.29 is 17.6 Å². The SMILES string of the molecule is C=C1Cc2ccc(CNc3ncnc(N4CCCC4c4ccc(C(F)(F)F)cc4)c3F)cc2C1. The average molecular weight is 468 g/mol. The number of nitrogens with one attached hydrogen (secondary N) is 1. The fraction of sp³-hybridized carbons (Fsp3) is 0.308. The second-order valence-corrected chi connectivity index (χ2v) is 8.89. The fourth-order valence-corrected chi connectivity index (χ4v) is 4.86. The minimum atomic E-state index is -4.39. The van der Waals surface area contributed by atoms with Crippen LogP contribution in [0.3, 0.4) is 0 Å². The molecule has 1 saturated heterocycles. The van der Waals surface area contributed by atoms with E-state index in [1.54, 1.807) is 0 Å². The summed E-state index contributed by atoms with van der Waals surface area (Å²) in [4.78, 5) is 10.1. The topological polar surface area (TPSA) is 41.1 Å². The Bertz CT molecular complexity index is 1220. The van der Waals surface area contributed by atoms with Gasteiger partial charge in [0.25, 0.3) is 0 Å². The highest BCUT2D eigenvalue weighted by atomic mass is 19.4. The summed E-state index contributed by atoms with van der Waals surface area (Å²) in [5.74, 6) is -0.297. The zero-order valence-electron chi connectivity index (χ0n) is 18.5. The second-order valence-electron chi connectivity index (χ2n) is 8.89. The van der Waals surface area contributed by atoms with E-state index in [1.165, 1.54) is 35.2 Å². The number of fused-ring (bicyclic) bond motifs is 1. The summed E-state index contributed by atoms with van der Waals surface area (Å²) in [7, 11) is 0. The number of hydrogen-bond donors (Lipinski definition) is 1. The first-order valence-corrected chi connectivity index (χ1v) is 11.2. The minimum absolute atomic E-state index is 0.105. The highest BCUT2D eigenvalue weighted by Gasteiger charge is 2.33. The van der Waals surface area contributed by atoms with Gasteiger partial charge in [0.05, 0.1) is 11.6 Å². The normalized spacial score (nSPS) is 17.8. The third-order valence-corrected chi connectivity index (χ3v) is 6.53. The molecule has 34 heavy (non-hydrogen) atoms. The van der Waals surface area contributed by atoms with E-state index in [-0.39, 0.29) is 17.7 Å². The molecule has 3 aromatic rings. The van der Waals surface area contributed by atoms with Gasteiger partial charge < -0.3 is 10.2 Å². The number of anilines is 2. The Morgan fingerprint density at radius 1 is 1.03 bits per heavy atom. The highest BCUT2D eigenvalue weighted by molar-refractivity contribution is 5.54. The van der Waals surface area contributed by atoms with Gasteiger partial charge in [-0.2, -0.15) is 17.6 Å². The van der Waals surface area contributed by atoms with E-state index in [2.05, 4.69) is 34.0 Å². The number of aromatic nitrogens is 2. The molecule has 176 valence electrons. The van der Waals surface area contributed by atoms with Crippen LogP contribution in [0.15, 0.2) is 60.9 Å². The van der Waals surface area contributed by atoms with Crippen LogP contribution in [0, 0.1) is 5.82 Å². The zero-order valence-corrected chi connectivity index (χ0v) is 18.5. The third kappa shape index (κ3) is 4.36. The molecule has 8 heteroatoms. The predicted octanol–water partition coefficient (Wildman–Crippen LogP) is 6.24. The molecule has 1 N–H and O–H groups in total. The summed E-state index contributed by atoms with van der Waals surface area (Å²) in [5, 5.41) is 3.07. The Hall–Kier alpha value is -3.42. The number of alkyl halides is 3. The third-order valence-electron chi connectivity index (χ3n) is 6.53. The highest BCUT2D eigenvalue weighted by Crippen LogP contribution is 2.38. The lowest BCUT2D eigenvalue weighted by molar-refractivity contribution is -0.137. The summed E-state index contributed by atoms with van der Waals surface area (Å²) >= 11 is 0. The average Bonchev–Trinajstić information content (AvgIpc) is 3.43. The number of halogens is 4. The van der Waals surface area contributed by atoms with E-state index >= 15 is 4.39 Å². The van der Waals surface area contributed by atoms with E-state index in [0.29, 0.717) is 25.1 Å². The van der Waals surface area contributed by atoms with Crippen LogP contribution < -0.4 is 10.2 Å². The van der Waals surface area contributed by atoms with Crippen LogP contribution in [0.25, 0.3) is 0 Å². The van der Waals surface area contributed by atoms with Crippen molar-refractivity contribution in [3.8, 4) is 0 Å². The van der Waals surface area contributed by atoms with Gasteiger partial charge in [0, 0.05) is 13.1 Å². The first-order valence-electron chi connectivity index (χ1n) is 11.2. The lowest BCUT2D eigenvalue weighted by atomic mass is 10.0. The Morgan fingerprint density at radius 2 is 1.79 bits per heavy atom. The van der Waals surface area contributed by atoms with Crippen molar-refractivity contribution in [2.75, 3.05) is 16.8 Å². The maximum atomic E-state index is 15.4. The first-order chi connectivity index (χ1) is 16.3. The quantitative estimate of drug-likeness (QED) is 0.355. The smallest absolute Gasteiger partial charge is 0.363 e. The van der Waals surface area contributed by atoms with Crippen LogP contribution in [0.5, 0.6) is 0 Å². The Labute approximate surface area is 195 Å². The maximum Gasteiger partial charge on any atom is 0.416 e. The number of nitrogens with zero attached hydrogens (tertiary/aromatic N) is 3. The van der Waals surface area contributed by atoms with Crippen LogP contribution in [0.4, 0.5) is 29.2 Å². The van der Waals surface area contributed by atoms with Crippen molar-refractivity contribution in [2.24, 2.45) is 0 Å². The van der Waals surface area contributed by atoms with Gasteiger partial charge in [-0.05, 0) is 60.1 Å². The van der Waals surface area contributed by atoms with Crippen LogP contribution in [0.1, 0.15) is 46.7 Å². The van der Waals surface area contributed by atoms with E-state index in [4.69, 9.17) is 0 Å². The summed E-state index contributed by atoms with van der Waals surface area (Å²) < 4.78 is 54.2. The molecule has 0 radical (unpaired) electrons. The molecular formula is C26H24F4N4. The zero-order chi connectivity index (χ0) is 23.9. The molecule has 0 saturated carbocycles. The Kier molecular flexibility index (Phi) is 5.75. The number of rotatable bonds is 5. The number of allylic oxidation sites excluding steroid dienone is 1. The summed E-state index contributed by atoms with van der Waals surface area (Å²) in [6, 6.07) is 11.0. The van der Waals surface area contributed by atoms with Crippen molar-refractivity contribution in [3.63, 3.8) is 0 Å². The fourth-order valence-electron chi connectivity index (χ4n) is 4.86. The molecule has 0 bridgehead atoms. The standard InChI is InChI=1S/C26H24F4N4/c1-16-11-19-5-4-17(13-20(19)12-16)14-31-24-23(27)25(33-15-32-24)34-10-2-3-22(34)18-6-8-21(9-7-18)26(28,29)30/h4-9,13,15,22H,1-3,10-12,14H2,(H,31,32,33). The van der Waals surface area contributed by atoms with Gasteiger partial charge >= 0.3 is 6.18 Å². The van der Waals surface area contributed by atoms with E-state index in [9.17, 15) is 13.2 Å². The van der Waals surface area contributed by atoms with Crippen molar-refractivity contribution in [1.82, 2.24) is 9.97 Å². The number of benzene rings is 2. The van der Waals surface area contributed by atoms with Crippen LogP contribution in [-0.2, 0) is 25.6 Å². The van der Waals surface area contributed by atoms with Crippen molar-refractivity contribution in [3.05, 3.63) is 94.6 Å². The molecule has 2 aliphatic rings. The molecule has 2 aromatic carbocycles. The maximum absolute atomic E-state index is 15.4. The van der Waals surface area contributed by atoms with Crippen molar-refractivity contribution in [2.45, 2.75) is 44.4 Å². The Morgan fingerprint density at radius 3 is 2.56 bits per heavy atom. The minimum Gasteiger partial charge on any atom is -0.363 e. The number of hydrogen-bond acceptors (Lipinski definition) is 4. The largest absolute Gasteiger partial charge is 0.416 e. The molecule has 1 aromatic heterocycles. The van der Waals surface area contributed by atoms with Gasteiger partial charge in [0.15, 0.2) is 11.6 Å². The summed E-state index contributed by atoms with van der Waals surface area (Å²) in [5.41, 5.74) is 4.77. The van der Waals surface area contributed by atoms with Crippen molar-refractivity contribution in [1.29, 1.82) is 0 Å². The van der Waals surface area contributed by atoms with Gasteiger partial charge in [0.2, 0.25) is 5.82 Å². The molecule has 1 aliphatic carbocycles. The monoisotopic (exact) mass is 468 g/mol. The van der Waals surface area contributed by atoms with Crippen LogP contribution >= 0.6 is 0 Å². The van der Waals surface area contributed by atoms with Gasteiger partial charge in [-0.1, -0.05) is 42.5 Å². The van der Waals surface area contributed by atoms with Crippen molar-refractivity contribution >= 4 is 11.6 Å². The molecule has 5 rings (SSSR count). The molecule has 2 heterocycles. The molecular weight excluding hydrogens is 444 g/mol. The van der Waals surface area contributed by atoms with Gasteiger partial charge in [-0.15, -0.1) is 0 Å². The second kappa shape index (κ2) is 8.74. The molecule has 4 nitrogen and oxygen atoms in total. The molecule has 1 unspecified atom stereocenters. The lowest BCUT2D eigenvalue weighted by Crippen LogP contribution is -2.25. The van der Waals surface area contributed by atoms with Crippen LogP contribution in [0.2, 0.25) is 0 Å². The van der Waals surface area contributed by atoms with Gasteiger partial charge in [-0.25, -0.2) is 9.97 Å². The van der Waals surface area contributed by atoms with Gasteiger partial charge in [-0.3, -0.25) is 0 Å². The Balaban J connectivity index is 1.33. The first kappa shape index (κ1) is 22.4. The molecule has 0 amide bonds. The van der Waals surface area contributed by atoms with Gasteiger partial charge in [0.1, 0.15) is 6.33 Å². The summed E-state index contributed by atoms with van der Waals surface area (Å²) in [6.07, 6.45) is 0.199. The molecule has 1 aliphatic heterocycles. The summed E-state index contributed by atoms with van der Waals surface area (Å²) in [6.45, 7) is 5.03. The van der Waals surface area contributed by atoms with Crippen LogP contribution in [-0.4, -0.2) is 16.5 Å². The predicted molar refractivity (Wildman–Crippen MR) is 123 cm³/mol.